The fourth-order valence-corrected chi connectivity index (χ4v) is 1.47. The molecule has 0 saturated heterocycles. The van der Waals surface area contributed by atoms with Gasteiger partial charge >= 0.3 is 0 Å². The van der Waals surface area contributed by atoms with Gasteiger partial charge in [-0.05, 0) is 39.2 Å². The zero-order chi connectivity index (χ0) is 12.8. The van der Waals surface area contributed by atoms with E-state index in [1.807, 2.05) is 19.0 Å². The number of carbonyl (C=O) groups is 1. The molecule has 5 nitrogen and oxygen atoms in total. The van der Waals surface area contributed by atoms with Gasteiger partial charge in [-0.25, -0.2) is 0 Å². The van der Waals surface area contributed by atoms with Gasteiger partial charge in [0.05, 0.1) is 4.92 Å². The van der Waals surface area contributed by atoms with Crippen molar-refractivity contribution < 1.29 is 9.72 Å². The highest BCUT2D eigenvalue weighted by molar-refractivity contribution is 5.96. The van der Waals surface area contributed by atoms with Crippen LogP contribution in [0.5, 0.6) is 0 Å². The van der Waals surface area contributed by atoms with Crippen LogP contribution in [0, 0.1) is 10.1 Å². The molecule has 1 rings (SSSR count). The van der Waals surface area contributed by atoms with E-state index in [9.17, 15) is 14.9 Å². The number of Topliss-reactive ketones (excluding diaryl/α,β-unsaturated/α-hetero) is 1. The Morgan fingerprint density at radius 2 is 1.88 bits per heavy atom. The molecule has 0 unspecified atom stereocenters. The molecule has 1 aromatic rings. The van der Waals surface area contributed by atoms with Crippen molar-refractivity contribution in [1.82, 2.24) is 4.90 Å². The summed E-state index contributed by atoms with van der Waals surface area (Å²) in [7, 11) is 3.91. The molecule has 1 aromatic carbocycles. The standard InChI is InChI=1S/C12H16N2O3/c1-13(2)9-3-4-12(15)10-5-7-11(8-6-10)14(16)17/h5-8H,3-4,9H2,1-2H3. The summed E-state index contributed by atoms with van der Waals surface area (Å²) in [5.41, 5.74) is 0.546. The van der Waals surface area contributed by atoms with Crippen LogP contribution in [0.25, 0.3) is 0 Å². The van der Waals surface area contributed by atoms with E-state index >= 15 is 0 Å². The highest BCUT2D eigenvalue weighted by Crippen LogP contribution is 2.13. The van der Waals surface area contributed by atoms with Crippen molar-refractivity contribution in [2.75, 3.05) is 20.6 Å². The van der Waals surface area contributed by atoms with E-state index in [1.54, 1.807) is 0 Å². The highest BCUT2D eigenvalue weighted by atomic mass is 16.6. The molecule has 0 saturated carbocycles. The van der Waals surface area contributed by atoms with Gasteiger partial charge in [0.1, 0.15) is 0 Å². The van der Waals surface area contributed by atoms with Crippen LogP contribution in [0.2, 0.25) is 0 Å². The van der Waals surface area contributed by atoms with Crippen molar-refractivity contribution in [3.05, 3.63) is 39.9 Å². The molecular weight excluding hydrogens is 220 g/mol. The summed E-state index contributed by atoms with van der Waals surface area (Å²) in [6.45, 7) is 0.860. The largest absolute Gasteiger partial charge is 0.309 e. The van der Waals surface area contributed by atoms with E-state index in [4.69, 9.17) is 0 Å². The van der Waals surface area contributed by atoms with Gasteiger partial charge < -0.3 is 4.90 Å². The predicted octanol–water partition coefficient (Wildman–Crippen LogP) is 2.12. The number of nitro groups is 1. The van der Waals surface area contributed by atoms with Crippen molar-refractivity contribution in [3.63, 3.8) is 0 Å². The molecule has 0 aromatic heterocycles. The van der Waals surface area contributed by atoms with Crippen LogP contribution in [0.3, 0.4) is 0 Å². The van der Waals surface area contributed by atoms with Crippen LogP contribution >= 0.6 is 0 Å². The lowest BCUT2D eigenvalue weighted by Gasteiger charge is -2.08. The summed E-state index contributed by atoms with van der Waals surface area (Å²) < 4.78 is 0. The minimum atomic E-state index is -0.472. The third kappa shape index (κ3) is 4.32. The lowest BCUT2D eigenvalue weighted by atomic mass is 10.1. The van der Waals surface area contributed by atoms with Crippen LogP contribution in [0.4, 0.5) is 5.69 Å². The van der Waals surface area contributed by atoms with Gasteiger partial charge in [-0.3, -0.25) is 14.9 Å². The van der Waals surface area contributed by atoms with E-state index in [-0.39, 0.29) is 11.5 Å². The monoisotopic (exact) mass is 236 g/mol. The molecule has 0 aliphatic carbocycles. The van der Waals surface area contributed by atoms with Crippen LogP contribution in [-0.4, -0.2) is 36.2 Å². The van der Waals surface area contributed by atoms with Gasteiger partial charge in [-0.1, -0.05) is 0 Å². The maximum Gasteiger partial charge on any atom is 0.269 e. The molecule has 0 amide bonds. The molecular formula is C12H16N2O3. The first-order chi connectivity index (χ1) is 8.00. The third-order valence-electron chi connectivity index (χ3n) is 2.41. The molecule has 0 atom stereocenters. The van der Waals surface area contributed by atoms with Gasteiger partial charge in [-0.2, -0.15) is 0 Å². The summed E-state index contributed by atoms with van der Waals surface area (Å²) in [5.74, 6) is 0.0294. The molecule has 5 heteroatoms. The summed E-state index contributed by atoms with van der Waals surface area (Å²) in [6.07, 6.45) is 1.26. The average Bonchev–Trinajstić information content (AvgIpc) is 2.28. The quantitative estimate of drug-likeness (QED) is 0.431. The Kier molecular flexibility index (Phi) is 4.78. The second-order valence-corrected chi connectivity index (χ2v) is 4.13. The molecule has 0 spiro atoms. The van der Waals surface area contributed by atoms with Crippen molar-refractivity contribution in [3.8, 4) is 0 Å². The number of hydrogen-bond acceptors (Lipinski definition) is 4. The summed E-state index contributed by atoms with van der Waals surface area (Å²) in [4.78, 5) is 23.7. The molecule has 0 N–H and O–H groups in total. The van der Waals surface area contributed by atoms with Crippen molar-refractivity contribution in [1.29, 1.82) is 0 Å². The molecule has 0 aliphatic rings. The smallest absolute Gasteiger partial charge is 0.269 e. The van der Waals surface area contributed by atoms with E-state index in [1.165, 1.54) is 24.3 Å². The van der Waals surface area contributed by atoms with Gasteiger partial charge in [0.2, 0.25) is 0 Å². The second-order valence-electron chi connectivity index (χ2n) is 4.13. The second kappa shape index (κ2) is 6.10. The lowest BCUT2D eigenvalue weighted by Crippen LogP contribution is -2.14. The zero-order valence-corrected chi connectivity index (χ0v) is 10.0. The normalized spacial score (nSPS) is 10.5. The molecule has 0 aliphatic heterocycles. The number of nitro benzene ring substituents is 1. The third-order valence-corrected chi connectivity index (χ3v) is 2.41. The van der Waals surface area contributed by atoms with Gasteiger partial charge in [0.15, 0.2) is 5.78 Å². The number of non-ortho nitro benzene ring substituents is 1. The molecule has 0 radical (unpaired) electrons. The van der Waals surface area contributed by atoms with Gasteiger partial charge in [-0.15, -0.1) is 0 Å². The number of hydrogen-bond donors (Lipinski definition) is 0. The van der Waals surface area contributed by atoms with E-state index in [2.05, 4.69) is 0 Å². The van der Waals surface area contributed by atoms with Crippen LogP contribution < -0.4 is 0 Å². The van der Waals surface area contributed by atoms with Gasteiger partial charge in [0.25, 0.3) is 5.69 Å². The Morgan fingerprint density at radius 1 is 1.29 bits per heavy atom. The number of benzene rings is 1. The summed E-state index contributed by atoms with van der Waals surface area (Å²) in [6, 6.07) is 5.74. The van der Waals surface area contributed by atoms with E-state index in [0.717, 1.165) is 13.0 Å². The number of rotatable bonds is 6. The highest BCUT2D eigenvalue weighted by Gasteiger charge is 2.09. The first-order valence-corrected chi connectivity index (χ1v) is 5.43. The first-order valence-electron chi connectivity index (χ1n) is 5.43. The maximum atomic E-state index is 11.7. The van der Waals surface area contributed by atoms with E-state index < -0.39 is 4.92 Å². The minimum Gasteiger partial charge on any atom is -0.309 e. The predicted molar refractivity (Wildman–Crippen MR) is 65.2 cm³/mol. The van der Waals surface area contributed by atoms with Crippen LogP contribution in [0.1, 0.15) is 23.2 Å². The molecule has 17 heavy (non-hydrogen) atoms. The maximum absolute atomic E-state index is 11.7. The zero-order valence-electron chi connectivity index (χ0n) is 10.0. The van der Waals surface area contributed by atoms with E-state index in [0.29, 0.717) is 12.0 Å². The Labute approximate surface area is 100 Å². The average molecular weight is 236 g/mol. The Bertz CT molecular complexity index is 399. The molecule has 0 fully saturated rings. The minimum absolute atomic E-state index is 0.00911. The van der Waals surface area contributed by atoms with Crippen LogP contribution in [-0.2, 0) is 0 Å². The molecule has 0 heterocycles. The summed E-state index contributed by atoms with van der Waals surface area (Å²) >= 11 is 0. The Hall–Kier alpha value is -1.75. The summed E-state index contributed by atoms with van der Waals surface area (Å²) in [5, 5.41) is 10.4. The van der Waals surface area contributed by atoms with Crippen LogP contribution in [0.15, 0.2) is 24.3 Å². The SMILES string of the molecule is CN(C)CCCC(=O)c1ccc([N+](=O)[O-])cc1. The molecule has 0 bridgehead atoms. The van der Waals surface area contributed by atoms with Crippen molar-refractivity contribution >= 4 is 11.5 Å². The Morgan fingerprint density at radius 3 is 2.35 bits per heavy atom. The lowest BCUT2D eigenvalue weighted by molar-refractivity contribution is -0.384. The molecule has 92 valence electrons. The number of ketones is 1. The fourth-order valence-electron chi connectivity index (χ4n) is 1.47. The van der Waals surface area contributed by atoms with Gasteiger partial charge in [0, 0.05) is 24.1 Å². The number of nitrogens with zero attached hydrogens (tertiary/aromatic N) is 2. The first kappa shape index (κ1) is 13.3. The number of carbonyl (C=O) groups excluding carboxylic acids is 1. The fraction of sp³-hybridized carbons (Fsp3) is 0.417. The Balaban J connectivity index is 2.55. The topological polar surface area (TPSA) is 63.5 Å². The van der Waals surface area contributed by atoms with Crippen molar-refractivity contribution in [2.24, 2.45) is 0 Å². The van der Waals surface area contributed by atoms with Crippen molar-refractivity contribution in [2.45, 2.75) is 12.8 Å².